The highest BCUT2D eigenvalue weighted by Crippen LogP contribution is 2.23. The molecular weight excluding hydrogens is 348 g/mol. The number of thioether (sulfide) groups is 1. The normalized spacial score (nSPS) is 11.0. The Bertz CT molecular complexity index is 651. The fourth-order valence-corrected chi connectivity index (χ4v) is 3.46. The lowest BCUT2D eigenvalue weighted by Crippen LogP contribution is -2.41. The molecule has 0 aliphatic heterocycles. The van der Waals surface area contributed by atoms with Crippen molar-refractivity contribution >= 4 is 46.1 Å². The van der Waals surface area contributed by atoms with Gasteiger partial charge in [-0.05, 0) is 0 Å². The van der Waals surface area contributed by atoms with E-state index in [1.54, 1.807) is 36.8 Å². The van der Waals surface area contributed by atoms with Crippen LogP contribution in [0.5, 0.6) is 0 Å². The standard InChI is InChI=1S/C13H20N8OS2/c1-3-10(22)21(11(15)16)13-19-9(7-24-13)6-23-5-4-20(2)12(17)18-8-14/h7H,3-6H2,1-2H3,(H3,15,16)(H2,17,18). The minimum absolute atomic E-state index is 0.184. The number of rotatable bonds is 7. The average Bonchev–Trinajstić information content (AvgIpc) is 2.99. The average molecular weight is 368 g/mol. The molecule has 0 fully saturated rings. The number of nitrogens with two attached hydrogens (primary N) is 2. The van der Waals surface area contributed by atoms with Gasteiger partial charge in [-0.1, -0.05) is 6.92 Å². The minimum atomic E-state index is -0.329. The lowest BCUT2D eigenvalue weighted by molar-refractivity contribution is -0.117. The Hall–Kier alpha value is -2.32. The van der Waals surface area contributed by atoms with Gasteiger partial charge in [0.05, 0.1) is 5.69 Å². The number of carbonyl (C=O) groups excluding carboxylic acids is 1. The number of hydrogen-bond acceptors (Lipinski definition) is 7. The Kier molecular flexibility index (Phi) is 8.00. The van der Waals surface area contributed by atoms with Gasteiger partial charge in [0, 0.05) is 36.9 Å². The van der Waals surface area contributed by atoms with Gasteiger partial charge in [-0.2, -0.15) is 17.0 Å². The van der Waals surface area contributed by atoms with Crippen molar-refractivity contribution in [1.82, 2.24) is 9.88 Å². The third-order valence-electron chi connectivity index (χ3n) is 2.90. The molecule has 5 N–H and O–H groups in total. The van der Waals surface area contributed by atoms with Crippen molar-refractivity contribution in [3.05, 3.63) is 11.1 Å². The van der Waals surface area contributed by atoms with Crippen LogP contribution in [0.3, 0.4) is 0 Å². The fourth-order valence-electron chi connectivity index (χ4n) is 1.60. The second-order valence-electron chi connectivity index (χ2n) is 4.63. The molecule has 0 saturated carbocycles. The number of carbonyl (C=O) groups is 1. The number of anilines is 1. The number of hydrogen-bond donors (Lipinski definition) is 3. The molecule has 0 bridgehead atoms. The zero-order chi connectivity index (χ0) is 18.1. The number of nitriles is 1. The quantitative estimate of drug-likeness (QED) is 0.278. The van der Waals surface area contributed by atoms with Crippen LogP contribution in [0.2, 0.25) is 0 Å². The van der Waals surface area contributed by atoms with Crippen LogP contribution in [0.15, 0.2) is 10.4 Å². The molecule has 0 aliphatic rings. The number of guanidine groups is 2. The van der Waals surface area contributed by atoms with Crippen molar-refractivity contribution in [3.63, 3.8) is 0 Å². The monoisotopic (exact) mass is 368 g/mol. The van der Waals surface area contributed by atoms with E-state index in [0.717, 1.165) is 16.3 Å². The Labute approximate surface area is 148 Å². The molecule has 1 amide bonds. The highest BCUT2D eigenvalue weighted by molar-refractivity contribution is 7.98. The first kappa shape index (κ1) is 19.7. The van der Waals surface area contributed by atoms with Crippen LogP contribution in [0, 0.1) is 16.9 Å². The molecule has 1 aromatic rings. The molecule has 0 spiro atoms. The number of thiazole rings is 1. The Balaban J connectivity index is 2.53. The molecule has 0 radical (unpaired) electrons. The van der Waals surface area contributed by atoms with Crippen molar-refractivity contribution in [2.24, 2.45) is 16.5 Å². The SMILES string of the molecule is CCC(=O)N(C(=N)N)c1nc(CSCCN(C)C(N)=NC#N)cs1. The van der Waals surface area contributed by atoms with Gasteiger partial charge >= 0.3 is 0 Å². The highest BCUT2D eigenvalue weighted by Gasteiger charge is 2.20. The molecular formula is C13H20N8OS2. The first-order valence-corrected chi connectivity index (χ1v) is 9.06. The predicted octanol–water partition coefficient (Wildman–Crippen LogP) is 0.740. The van der Waals surface area contributed by atoms with E-state index in [9.17, 15) is 4.79 Å². The van der Waals surface area contributed by atoms with Crippen molar-refractivity contribution in [2.75, 3.05) is 24.2 Å². The van der Waals surface area contributed by atoms with Crippen LogP contribution >= 0.6 is 23.1 Å². The van der Waals surface area contributed by atoms with Crippen LogP contribution in [0.25, 0.3) is 0 Å². The van der Waals surface area contributed by atoms with E-state index < -0.39 is 0 Å². The zero-order valence-corrected chi connectivity index (χ0v) is 15.2. The van der Waals surface area contributed by atoms with Gasteiger partial charge in [0.15, 0.2) is 5.13 Å². The molecule has 0 atom stereocenters. The van der Waals surface area contributed by atoms with E-state index in [2.05, 4.69) is 9.98 Å². The summed E-state index contributed by atoms with van der Waals surface area (Å²) in [7, 11) is 1.76. The van der Waals surface area contributed by atoms with E-state index >= 15 is 0 Å². The smallest absolute Gasteiger partial charge is 0.235 e. The largest absolute Gasteiger partial charge is 0.369 e. The van der Waals surface area contributed by atoms with Crippen LogP contribution < -0.4 is 16.4 Å². The van der Waals surface area contributed by atoms with Gasteiger partial charge < -0.3 is 16.4 Å². The van der Waals surface area contributed by atoms with Crippen molar-refractivity contribution in [3.8, 4) is 6.19 Å². The zero-order valence-electron chi connectivity index (χ0n) is 13.5. The summed E-state index contributed by atoms with van der Waals surface area (Å²) in [5.74, 6) is 1.03. The summed E-state index contributed by atoms with van der Waals surface area (Å²) in [6, 6.07) is 0. The number of amides is 1. The minimum Gasteiger partial charge on any atom is -0.369 e. The molecule has 24 heavy (non-hydrogen) atoms. The first-order chi connectivity index (χ1) is 11.4. The maximum atomic E-state index is 11.8. The number of aliphatic imine (C=N–C) groups is 1. The maximum Gasteiger partial charge on any atom is 0.235 e. The van der Waals surface area contributed by atoms with Crippen LogP contribution in [0.4, 0.5) is 5.13 Å². The van der Waals surface area contributed by atoms with Crippen LogP contribution in [-0.2, 0) is 10.5 Å². The number of nitrogens with one attached hydrogen (secondary N) is 1. The number of aromatic nitrogens is 1. The lowest BCUT2D eigenvalue weighted by atomic mass is 10.4. The van der Waals surface area contributed by atoms with Gasteiger partial charge in [0.2, 0.25) is 24.0 Å². The van der Waals surface area contributed by atoms with E-state index in [1.807, 2.05) is 5.38 Å². The Morgan fingerprint density at radius 2 is 2.29 bits per heavy atom. The Morgan fingerprint density at radius 3 is 2.88 bits per heavy atom. The first-order valence-electron chi connectivity index (χ1n) is 7.03. The summed E-state index contributed by atoms with van der Waals surface area (Å²) in [4.78, 5) is 22.5. The molecule has 130 valence electrons. The molecule has 1 aromatic heterocycles. The molecule has 1 rings (SSSR count). The van der Waals surface area contributed by atoms with E-state index in [-0.39, 0.29) is 24.2 Å². The third-order valence-corrected chi connectivity index (χ3v) is 4.75. The van der Waals surface area contributed by atoms with E-state index in [0.29, 0.717) is 17.4 Å². The van der Waals surface area contributed by atoms with Crippen molar-refractivity contribution in [2.45, 2.75) is 19.1 Å². The molecule has 0 unspecified atom stereocenters. The van der Waals surface area contributed by atoms with Gasteiger partial charge in [-0.15, -0.1) is 16.3 Å². The highest BCUT2D eigenvalue weighted by atomic mass is 32.2. The van der Waals surface area contributed by atoms with Gasteiger partial charge in [-0.25, -0.2) is 9.88 Å². The van der Waals surface area contributed by atoms with E-state index in [4.69, 9.17) is 22.1 Å². The van der Waals surface area contributed by atoms with Crippen molar-refractivity contribution in [1.29, 1.82) is 10.7 Å². The Morgan fingerprint density at radius 1 is 1.58 bits per heavy atom. The van der Waals surface area contributed by atoms with Crippen molar-refractivity contribution < 1.29 is 4.79 Å². The summed E-state index contributed by atoms with van der Waals surface area (Å²) >= 11 is 2.92. The summed E-state index contributed by atoms with van der Waals surface area (Å²) in [5, 5.41) is 18.2. The second kappa shape index (κ2) is 9.74. The molecule has 0 saturated heterocycles. The fraction of sp³-hybridized carbons (Fsp3) is 0.462. The van der Waals surface area contributed by atoms with Crippen LogP contribution in [-0.4, -0.2) is 47.1 Å². The molecule has 11 heteroatoms. The van der Waals surface area contributed by atoms with E-state index in [1.165, 1.54) is 11.3 Å². The topological polar surface area (TPSA) is 148 Å². The van der Waals surface area contributed by atoms with Gasteiger partial charge in [0.1, 0.15) is 0 Å². The number of nitrogens with zero attached hydrogens (tertiary/aromatic N) is 5. The predicted molar refractivity (Wildman–Crippen MR) is 97.8 cm³/mol. The van der Waals surface area contributed by atoms with Gasteiger partial charge in [0.25, 0.3) is 0 Å². The molecule has 1 heterocycles. The molecule has 0 aliphatic carbocycles. The molecule has 0 aromatic carbocycles. The second-order valence-corrected chi connectivity index (χ2v) is 6.58. The molecule has 9 nitrogen and oxygen atoms in total. The summed E-state index contributed by atoms with van der Waals surface area (Å²) < 4.78 is 0. The lowest BCUT2D eigenvalue weighted by Gasteiger charge is -2.16. The third kappa shape index (κ3) is 5.71. The summed E-state index contributed by atoms with van der Waals surface area (Å²) in [5.41, 5.74) is 11.9. The van der Waals surface area contributed by atoms with Crippen LogP contribution in [0.1, 0.15) is 19.0 Å². The maximum absolute atomic E-state index is 11.8. The summed E-state index contributed by atoms with van der Waals surface area (Å²) in [6.07, 6.45) is 1.90. The van der Waals surface area contributed by atoms with Gasteiger partial charge in [-0.3, -0.25) is 10.2 Å². The summed E-state index contributed by atoms with van der Waals surface area (Å²) in [6.45, 7) is 2.35.